The topological polar surface area (TPSA) is 23.6 Å². The van der Waals surface area contributed by atoms with E-state index in [2.05, 4.69) is 0 Å². The molecule has 1 aromatic rings. The highest BCUT2D eigenvalue weighted by molar-refractivity contribution is 5.80. The van der Waals surface area contributed by atoms with Crippen molar-refractivity contribution in [3.8, 4) is 0 Å². The first-order chi connectivity index (χ1) is 12.3. The van der Waals surface area contributed by atoms with E-state index in [0.29, 0.717) is 19.0 Å². The molecule has 2 atom stereocenters. The van der Waals surface area contributed by atoms with E-state index >= 15 is 0 Å². The van der Waals surface area contributed by atoms with Gasteiger partial charge in [0.15, 0.2) is 0 Å². The summed E-state index contributed by atoms with van der Waals surface area (Å²) >= 11 is 0. The number of fused-ring (bicyclic) bond motifs is 4. The molecule has 142 valence electrons. The second-order valence-corrected chi connectivity index (χ2v) is 7.86. The Bertz CT molecular complexity index is 701. The highest BCUT2D eigenvalue weighted by Gasteiger charge is 2.43. The number of hydrogen-bond acceptors (Lipinski definition) is 2. The van der Waals surface area contributed by atoms with Gasteiger partial charge < -0.3 is 4.90 Å². The van der Waals surface area contributed by atoms with Crippen molar-refractivity contribution in [2.45, 2.75) is 44.4 Å². The predicted molar refractivity (Wildman–Crippen MR) is 87.6 cm³/mol. The summed E-state index contributed by atoms with van der Waals surface area (Å²) in [6.45, 7) is 1.80. The zero-order valence-corrected chi connectivity index (χ0v) is 14.4. The van der Waals surface area contributed by atoms with Crippen molar-refractivity contribution in [3.63, 3.8) is 0 Å². The quantitative estimate of drug-likeness (QED) is 0.755. The van der Waals surface area contributed by atoms with Crippen molar-refractivity contribution in [1.82, 2.24) is 9.80 Å². The minimum absolute atomic E-state index is 0.0180. The lowest BCUT2D eigenvalue weighted by atomic mass is 9.94. The minimum Gasteiger partial charge on any atom is -0.338 e. The van der Waals surface area contributed by atoms with Gasteiger partial charge in [0.05, 0.1) is 11.5 Å². The van der Waals surface area contributed by atoms with Gasteiger partial charge in [0.1, 0.15) is 5.82 Å². The number of benzene rings is 1. The van der Waals surface area contributed by atoms with E-state index in [9.17, 15) is 22.4 Å². The third kappa shape index (κ3) is 3.59. The lowest BCUT2D eigenvalue weighted by Gasteiger charge is -2.36. The molecule has 1 amide bonds. The molecule has 3 saturated heterocycles. The van der Waals surface area contributed by atoms with Gasteiger partial charge in [0.2, 0.25) is 5.91 Å². The van der Waals surface area contributed by atoms with Crippen LogP contribution >= 0.6 is 0 Å². The van der Waals surface area contributed by atoms with Gasteiger partial charge in [0.25, 0.3) is 0 Å². The Morgan fingerprint density at radius 1 is 1.08 bits per heavy atom. The largest absolute Gasteiger partial charge is 0.416 e. The van der Waals surface area contributed by atoms with Gasteiger partial charge in [-0.3, -0.25) is 9.69 Å². The molecule has 3 aliphatic heterocycles. The number of halogens is 4. The van der Waals surface area contributed by atoms with E-state index in [4.69, 9.17) is 0 Å². The Balaban J connectivity index is 1.55. The molecule has 26 heavy (non-hydrogen) atoms. The Morgan fingerprint density at radius 2 is 1.85 bits per heavy atom. The van der Waals surface area contributed by atoms with E-state index in [1.165, 1.54) is 0 Å². The lowest BCUT2D eigenvalue weighted by molar-refractivity contribution is -0.140. The Kier molecular flexibility index (Phi) is 4.45. The molecule has 7 heteroatoms. The van der Waals surface area contributed by atoms with Crippen molar-refractivity contribution >= 4 is 5.91 Å². The van der Waals surface area contributed by atoms with Gasteiger partial charge in [-0.25, -0.2) is 4.39 Å². The molecule has 0 radical (unpaired) electrons. The number of hydrogen-bond donors (Lipinski definition) is 0. The molecule has 4 fully saturated rings. The molecule has 2 bridgehead atoms. The maximum atomic E-state index is 13.6. The second kappa shape index (κ2) is 6.51. The molecule has 5 rings (SSSR count). The van der Waals surface area contributed by atoms with Crippen LogP contribution < -0.4 is 0 Å². The van der Waals surface area contributed by atoms with E-state index in [1.54, 1.807) is 0 Å². The Morgan fingerprint density at radius 3 is 2.54 bits per heavy atom. The van der Waals surface area contributed by atoms with Crippen LogP contribution in [-0.2, 0) is 17.5 Å². The summed E-state index contributed by atoms with van der Waals surface area (Å²) in [5, 5.41) is 0. The molecular weight excluding hydrogens is 348 g/mol. The van der Waals surface area contributed by atoms with Crippen molar-refractivity contribution in [2.75, 3.05) is 19.6 Å². The standard InChI is InChI=1S/C19H22F4N2O/c20-15-4-6-17(19(21,22)23)14(7-15)10-24-9-13-3-5-16(11-24)25(18(13)26)8-12-1-2-12/h4,6-7,12-13,16H,1-3,5,8-11H2/t13-,16+/m0/s1. The van der Waals surface area contributed by atoms with Crippen LogP contribution in [0.3, 0.4) is 0 Å². The summed E-state index contributed by atoms with van der Waals surface area (Å²) in [5.41, 5.74) is -0.850. The maximum absolute atomic E-state index is 13.6. The fourth-order valence-electron chi connectivity index (χ4n) is 4.29. The summed E-state index contributed by atoms with van der Waals surface area (Å²) in [7, 11) is 0. The number of piperidine rings is 1. The summed E-state index contributed by atoms with van der Waals surface area (Å²) in [4.78, 5) is 16.6. The summed E-state index contributed by atoms with van der Waals surface area (Å²) in [6, 6.07) is 2.69. The predicted octanol–water partition coefficient (Wildman–Crippen LogP) is 3.68. The maximum Gasteiger partial charge on any atom is 0.416 e. The van der Waals surface area contributed by atoms with Crippen molar-refractivity contribution in [2.24, 2.45) is 11.8 Å². The normalized spacial score (nSPS) is 27.1. The summed E-state index contributed by atoms with van der Waals surface area (Å²) < 4.78 is 53.3. The van der Waals surface area contributed by atoms with E-state index < -0.39 is 17.6 Å². The lowest BCUT2D eigenvalue weighted by Crippen LogP contribution is -2.48. The van der Waals surface area contributed by atoms with Crippen LogP contribution in [0, 0.1) is 17.7 Å². The average Bonchev–Trinajstić information content (AvgIpc) is 3.37. The van der Waals surface area contributed by atoms with Crippen LogP contribution in [0.25, 0.3) is 0 Å². The number of carbonyl (C=O) groups is 1. The third-order valence-electron chi connectivity index (χ3n) is 5.79. The number of rotatable bonds is 4. The first-order valence-electron chi connectivity index (χ1n) is 9.19. The van der Waals surface area contributed by atoms with E-state index in [1.807, 2.05) is 9.80 Å². The SMILES string of the molecule is O=C1[C@H]2CC[C@H](CN(Cc3cc(F)ccc3C(F)(F)F)C2)N1CC1CC1. The first-order valence-corrected chi connectivity index (χ1v) is 9.19. The van der Waals surface area contributed by atoms with Gasteiger partial charge in [-0.1, -0.05) is 0 Å². The summed E-state index contributed by atoms with van der Waals surface area (Å²) in [6.07, 6.45) is -0.515. The average molecular weight is 370 g/mol. The van der Waals surface area contributed by atoms with Gasteiger partial charge in [0, 0.05) is 32.2 Å². The number of nitrogens with zero attached hydrogens (tertiary/aromatic N) is 2. The number of alkyl halides is 3. The highest BCUT2D eigenvalue weighted by Crippen LogP contribution is 2.37. The molecule has 1 saturated carbocycles. The van der Waals surface area contributed by atoms with Crippen LogP contribution in [0.2, 0.25) is 0 Å². The monoisotopic (exact) mass is 370 g/mol. The number of amides is 1. The van der Waals surface area contributed by atoms with Crippen molar-refractivity contribution < 1.29 is 22.4 Å². The minimum atomic E-state index is -4.51. The first kappa shape index (κ1) is 17.8. The van der Waals surface area contributed by atoms with Gasteiger partial charge in [-0.05, 0) is 55.4 Å². The molecule has 1 aromatic carbocycles. The molecule has 0 aromatic heterocycles. The molecule has 0 N–H and O–H groups in total. The van der Waals surface area contributed by atoms with E-state index in [0.717, 1.165) is 50.4 Å². The van der Waals surface area contributed by atoms with Crippen LogP contribution in [-0.4, -0.2) is 41.4 Å². The molecule has 0 unspecified atom stereocenters. The zero-order chi connectivity index (χ0) is 18.5. The van der Waals surface area contributed by atoms with Gasteiger partial charge in [-0.15, -0.1) is 0 Å². The molecule has 3 nitrogen and oxygen atoms in total. The Hall–Kier alpha value is -1.63. The fourth-order valence-corrected chi connectivity index (χ4v) is 4.29. The molecule has 1 aliphatic carbocycles. The smallest absolute Gasteiger partial charge is 0.338 e. The highest BCUT2D eigenvalue weighted by atomic mass is 19.4. The molecule has 4 aliphatic rings. The fraction of sp³-hybridized carbons (Fsp3) is 0.632. The molecule has 0 spiro atoms. The van der Waals surface area contributed by atoms with E-state index in [-0.39, 0.29) is 30.0 Å². The van der Waals surface area contributed by atoms with Crippen molar-refractivity contribution in [3.05, 3.63) is 35.1 Å². The number of carbonyl (C=O) groups excluding carboxylic acids is 1. The zero-order valence-electron chi connectivity index (χ0n) is 14.4. The molecular formula is C19H22F4N2O. The van der Waals surface area contributed by atoms with Crippen LogP contribution in [0.4, 0.5) is 17.6 Å². The van der Waals surface area contributed by atoms with Gasteiger partial charge in [-0.2, -0.15) is 13.2 Å². The Labute approximate surface area is 150 Å². The van der Waals surface area contributed by atoms with Gasteiger partial charge >= 0.3 is 6.18 Å². The summed E-state index contributed by atoms with van der Waals surface area (Å²) in [5.74, 6) is -0.0923. The van der Waals surface area contributed by atoms with Crippen LogP contribution in [0.1, 0.15) is 36.8 Å². The van der Waals surface area contributed by atoms with Crippen LogP contribution in [0.5, 0.6) is 0 Å². The van der Waals surface area contributed by atoms with Crippen LogP contribution in [0.15, 0.2) is 18.2 Å². The third-order valence-corrected chi connectivity index (χ3v) is 5.79. The van der Waals surface area contributed by atoms with Crippen molar-refractivity contribution in [1.29, 1.82) is 0 Å². The molecule has 3 heterocycles. The second-order valence-electron chi connectivity index (χ2n) is 7.86.